The molecule has 2 aromatic carbocycles. The Labute approximate surface area is 151 Å². The van der Waals surface area contributed by atoms with Gasteiger partial charge in [0.05, 0.1) is 6.04 Å². The smallest absolute Gasteiger partial charge is 0.261 e. The molecule has 0 unspecified atom stereocenters. The summed E-state index contributed by atoms with van der Waals surface area (Å²) in [5.41, 5.74) is 4.76. The Balaban J connectivity index is 2.06. The first kappa shape index (κ1) is 19.0. The lowest BCUT2D eigenvalue weighted by molar-refractivity contribution is -0.128. The standard InChI is InChI=1S/C22H29NO2/c1-6-18-10-8-9-11-21(18)25-17(5)22(24)23-20(7-2)19-13-12-15(3)16(4)14-19/h8-14,17,20H,6-7H2,1-5H3,(H,23,24)/t17-,20-/m1/s1. The highest BCUT2D eigenvalue weighted by Gasteiger charge is 2.20. The van der Waals surface area contributed by atoms with Gasteiger partial charge in [-0.3, -0.25) is 4.79 Å². The van der Waals surface area contributed by atoms with Crippen LogP contribution in [0.2, 0.25) is 0 Å². The van der Waals surface area contributed by atoms with Gasteiger partial charge >= 0.3 is 0 Å². The number of aryl methyl sites for hydroxylation is 3. The molecular weight excluding hydrogens is 310 g/mol. The highest BCUT2D eigenvalue weighted by molar-refractivity contribution is 5.81. The third kappa shape index (κ3) is 4.85. The normalized spacial score (nSPS) is 13.2. The predicted octanol–water partition coefficient (Wildman–Crippen LogP) is 4.90. The van der Waals surface area contributed by atoms with Crippen LogP contribution in [0.15, 0.2) is 42.5 Å². The van der Waals surface area contributed by atoms with Crippen LogP contribution in [-0.4, -0.2) is 12.0 Å². The summed E-state index contributed by atoms with van der Waals surface area (Å²) in [5, 5.41) is 3.12. The third-order valence-electron chi connectivity index (χ3n) is 4.68. The van der Waals surface area contributed by atoms with Crippen molar-refractivity contribution in [1.82, 2.24) is 5.32 Å². The number of para-hydroxylation sites is 1. The van der Waals surface area contributed by atoms with E-state index in [9.17, 15) is 4.79 Å². The molecule has 0 saturated carbocycles. The molecule has 1 amide bonds. The third-order valence-corrected chi connectivity index (χ3v) is 4.68. The number of hydrogen-bond acceptors (Lipinski definition) is 2. The van der Waals surface area contributed by atoms with E-state index in [1.807, 2.05) is 24.3 Å². The predicted molar refractivity (Wildman–Crippen MR) is 103 cm³/mol. The van der Waals surface area contributed by atoms with Crippen molar-refractivity contribution in [3.8, 4) is 5.75 Å². The van der Waals surface area contributed by atoms with E-state index >= 15 is 0 Å². The Morgan fingerprint density at radius 1 is 1.08 bits per heavy atom. The van der Waals surface area contributed by atoms with E-state index in [0.29, 0.717) is 0 Å². The molecule has 3 heteroatoms. The average Bonchev–Trinajstić information content (AvgIpc) is 2.62. The molecule has 2 aromatic rings. The average molecular weight is 339 g/mol. The second kappa shape index (κ2) is 8.70. The summed E-state index contributed by atoms with van der Waals surface area (Å²) in [5.74, 6) is 0.697. The van der Waals surface area contributed by atoms with E-state index in [1.54, 1.807) is 6.92 Å². The molecule has 0 aromatic heterocycles. The fourth-order valence-electron chi connectivity index (χ4n) is 2.85. The minimum absolute atomic E-state index is 0.000677. The SMILES string of the molecule is CCc1ccccc1O[C@H](C)C(=O)N[C@H](CC)c1ccc(C)c(C)c1. The quantitative estimate of drug-likeness (QED) is 0.779. The Morgan fingerprint density at radius 3 is 2.44 bits per heavy atom. The minimum atomic E-state index is -0.534. The van der Waals surface area contributed by atoms with E-state index in [4.69, 9.17) is 4.74 Å². The molecule has 0 heterocycles. The summed E-state index contributed by atoms with van der Waals surface area (Å²) in [7, 11) is 0. The molecule has 1 N–H and O–H groups in total. The number of ether oxygens (including phenoxy) is 1. The van der Waals surface area contributed by atoms with E-state index in [-0.39, 0.29) is 11.9 Å². The van der Waals surface area contributed by atoms with Crippen LogP contribution in [-0.2, 0) is 11.2 Å². The highest BCUT2D eigenvalue weighted by atomic mass is 16.5. The first-order valence-corrected chi connectivity index (χ1v) is 9.08. The van der Waals surface area contributed by atoms with E-state index in [2.05, 4.69) is 51.2 Å². The monoisotopic (exact) mass is 339 g/mol. The summed E-state index contributed by atoms with van der Waals surface area (Å²) in [4.78, 5) is 12.6. The van der Waals surface area contributed by atoms with Crippen molar-refractivity contribution in [1.29, 1.82) is 0 Å². The Hall–Kier alpha value is -2.29. The molecular formula is C22H29NO2. The van der Waals surface area contributed by atoms with E-state index in [1.165, 1.54) is 11.1 Å². The first-order chi connectivity index (χ1) is 12.0. The largest absolute Gasteiger partial charge is 0.481 e. The maximum Gasteiger partial charge on any atom is 0.261 e. The summed E-state index contributed by atoms with van der Waals surface area (Å²) >= 11 is 0. The van der Waals surface area contributed by atoms with Gasteiger partial charge in [-0.1, -0.05) is 50.2 Å². The van der Waals surface area contributed by atoms with Crippen LogP contribution in [0.5, 0.6) is 5.75 Å². The molecule has 2 rings (SSSR count). The van der Waals surface area contributed by atoms with Gasteiger partial charge in [0.15, 0.2) is 6.10 Å². The summed E-state index contributed by atoms with van der Waals surface area (Å²) in [6.45, 7) is 10.2. The first-order valence-electron chi connectivity index (χ1n) is 9.08. The number of rotatable bonds is 7. The molecule has 0 spiro atoms. The highest BCUT2D eigenvalue weighted by Crippen LogP contribution is 2.22. The van der Waals surface area contributed by atoms with E-state index < -0.39 is 6.10 Å². The Kier molecular flexibility index (Phi) is 6.63. The van der Waals surface area contributed by atoms with Crippen molar-refractivity contribution < 1.29 is 9.53 Å². The number of hydrogen-bond donors (Lipinski definition) is 1. The second-order valence-corrected chi connectivity index (χ2v) is 6.53. The van der Waals surface area contributed by atoms with Gasteiger partial charge in [0.1, 0.15) is 5.75 Å². The molecule has 0 bridgehead atoms. The van der Waals surface area contributed by atoms with Gasteiger partial charge in [-0.2, -0.15) is 0 Å². The number of carbonyl (C=O) groups is 1. The summed E-state index contributed by atoms with van der Waals surface area (Å²) in [6.07, 6.45) is 1.19. The van der Waals surface area contributed by atoms with Crippen LogP contribution in [0.1, 0.15) is 55.5 Å². The topological polar surface area (TPSA) is 38.3 Å². The molecule has 0 aliphatic heterocycles. The summed E-state index contributed by atoms with van der Waals surface area (Å²) < 4.78 is 5.91. The lowest BCUT2D eigenvalue weighted by Gasteiger charge is -2.22. The zero-order valence-corrected chi connectivity index (χ0v) is 15.9. The van der Waals surface area contributed by atoms with Crippen LogP contribution in [0.4, 0.5) is 0 Å². The molecule has 0 saturated heterocycles. The van der Waals surface area contributed by atoms with Crippen LogP contribution >= 0.6 is 0 Å². The van der Waals surface area contributed by atoms with Crippen molar-refractivity contribution in [2.75, 3.05) is 0 Å². The zero-order chi connectivity index (χ0) is 18.4. The fraction of sp³-hybridized carbons (Fsp3) is 0.409. The van der Waals surface area contributed by atoms with Gasteiger partial charge in [0.2, 0.25) is 0 Å². The van der Waals surface area contributed by atoms with Gasteiger partial charge in [0, 0.05) is 0 Å². The van der Waals surface area contributed by atoms with Crippen molar-refractivity contribution in [3.63, 3.8) is 0 Å². The number of amides is 1. The zero-order valence-electron chi connectivity index (χ0n) is 15.9. The maximum atomic E-state index is 12.6. The lowest BCUT2D eigenvalue weighted by atomic mass is 9.99. The summed E-state index contributed by atoms with van der Waals surface area (Å²) in [6, 6.07) is 14.2. The van der Waals surface area contributed by atoms with Crippen molar-refractivity contribution in [2.45, 2.75) is 59.6 Å². The van der Waals surface area contributed by atoms with Crippen molar-refractivity contribution >= 4 is 5.91 Å². The fourth-order valence-corrected chi connectivity index (χ4v) is 2.85. The molecule has 2 atom stereocenters. The molecule has 0 aliphatic rings. The number of nitrogens with one attached hydrogen (secondary N) is 1. The molecule has 3 nitrogen and oxygen atoms in total. The molecule has 25 heavy (non-hydrogen) atoms. The van der Waals surface area contributed by atoms with Gasteiger partial charge in [-0.15, -0.1) is 0 Å². The van der Waals surface area contributed by atoms with Gasteiger partial charge in [-0.25, -0.2) is 0 Å². The van der Waals surface area contributed by atoms with Crippen molar-refractivity contribution in [2.24, 2.45) is 0 Å². The minimum Gasteiger partial charge on any atom is -0.481 e. The van der Waals surface area contributed by atoms with Crippen LogP contribution < -0.4 is 10.1 Å². The molecule has 0 fully saturated rings. The number of carbonyl (C=O) groups excluding carboxylic acids is 1. The van der Waals surface area contributed by atoms with Crippen LogP contribution in [0.3, 0.4) is 0 Å². The molecule has 0 radical (unpaired) electrons. The molecule has 134 valence electrons. The van der Waals surface area contributed by atoms with Crippen molar-refractivity contribution in [3.05, 3.63) is 64.7 Å². The van der Waals surface area contributed by atoms with E-state index in [0.717, 1.165) is 29.7 Å². The maximum absolute atomic E-state index is 12.6. The Morgan fingerprint density at radius 2 is 1.80 bits per heavy atom. The van der Waals surface area contributed by atoms with Gasteiger partial charge in [0.25, 0.3) is 5.91 Å². The lowest BCUT2D eigenvalue weighted by Crippen LogP contribution is -2.38. The van der Waals surface area contributed by atoms with Gasteiger partial charge < -0.3 is 10.1 Å². The van der Waals surface area contributed by atoms with Crippen LogP contribution in [0.25, 0.3) is 0 Å². The molecule has 0 aliphatic carbocycles. The second-order valence-electron chi connectivity index (χ2n) is 6.53. The Bertz CT molecular complexity index is 724. The van der Waals surface area contributed by atoms with Crippen LogP contribution in [0, 0.1) is 13.8 Å². The number of benzene rings is 2. The van der Waals surface area contributed by atoms with Gasteiger partial charge in [-0.05, 0) is 61.9 Å².